The Hall–Kier alpha value is -1.35. The molecule has 9 heteroatoms. The summed E-state index contributed by atoms with van der Waals surface area (Å²) >= 11 is 3.08. The topological polar surface area (TPSA) is 81.9 Å². The maximum atomic E-state index is 11.4. The Labute approximate surface area is 105 Å². The van der Waals surface area contributed by atoms with Crippen molar-refractivity contribution in [3.05, 3.63) is 10.7 Å². The molecule has 17 heavy (non-hydrogen) atoms. The lowest BCUT2D eigenvalue weighted by atomic mass is 9.85. The van der Waals surface area contributed by atoms with E-state index < -0.39 is 19.1 Å². The highest BCUT2D eigenvalue weighted by Crippen LogP contribution is 2.06. The van der Waals surface area contributed by atoms with E-state index in [1.54, 1.807) is 7.05 Å². The minimum atomic E-state index is -1.18. The van der Waals surface area contributed by atoms with Crippen LogP contribution in [0, 0.1) is 0 Å². The predicted molar refractivity (Wildman–Crippen MR) is 59.3 cm³/mol. The van der Waals surface area contributed by atoms with Crippen LogP contribution < -0.4 is 5.66 Å². The SMILES string of the molecule is CN1CC(=O)OB(c2cc(Br)no2)OC(=O)C1. The van der Waals surface area contributed by atoms with Crippen LogP contribution in [-0.4, -0.2) is 49.3 Å². The Bertz CT molecular complexity index is 431. The number of hydrogen-bond donors (Lipinski definition) is 0. The van der Waals surface area contributed by atoms with Gasteiger partial charge in [-0.05, 0) is 23.0 Å². The summed E-state index contributed by atoms with van der Waals surface area (Å²) < 4.78 is 15.2. The first kappa shape index (κ1) is 12.1. The number of nitrogens with zero attached hydrogens (tertiary/aromatic N) is 2. The minimum absolute atomic E-state index is 0.0148. The van der Waals surface area contributed by atoms with Gasteiger partial charge in [-0.3, -0.25) is 14.5 Å². The van der Waals surface area contributed by atoms with Crippen molar-refractivity contribution in [3.8, 4) is 0 Å². The molecule has 90 valence electrons. The van der Waals surface area contributed by atoms with E-state index in [2.05, 4.69) is 21.1 Å². The molecule has 0 saturated carbocycles. The van der Waals surface area contributed by atoms with Gasteiger partial charge in [0.1, 0.15) is 4.60 Å². The lowest BCUT2D eigenvalue weighted by Gasteiger charge is -2.21. The average Bonchev–Trinajstić information content (AvgIpc) is 2.61. The van der Waals surface area contributed by atoms with Gasteiger partial charge in [0.05, 0.1) is 13.1 Å². The summed E-state index contributed by atoms with van der Waals surface area (Å²) in [5.41, 5.74) is 0.156. The molecule has 2 heterocycles. The summed E-state index contributed by atoms with van der Waals surface area (Å²) in [5, 5.41) is 3.56. The molecule has 1 aliphatic heterocycles. The molecule has 0 radical (unpaired) electrons. The van der Waals surface area contributed by atoms with Gasteiger partial charge in [0.15, 0.2) is 5.66 Å². The first-order valence-corrected chi connectivity index (χ1v) is 5.53. The van der Waals surface area contributed by atoms with Crippen molar-refractivity contribution in [1.82, 2.24) is 10.1 Å². The molecular formula is C8H8BBrN2O5. The van der Waals surface area contributed by atoms with Crippen LogP contribution in [0.2, 0.25) is 0 Å². The van der Waals surface area contributed by atoms with Crippen LogP contribution >= 0.6 is 15.9 Å². The van der Waals surface area contributed by atoms with E-state index in [1.807, 2.05) is 0 Å². The summed E-state index contributed by atoms with van der Waals surface area (Å²) in [5.74, 6) is -1.00. The van der Waals surface area contributed by atoms with E-state index in [9.17, 15) is 9.59 Å². The van der Waals surface area contributed by atoms with E-state index in [0.29, 0.717) is 4.60 Å². The zero-order valence-corrected chi connectivity index (χ0v) is 10.5. The van der Waals surface area contributed by atoms with Crippen LogP contribution in [0.15, 0.2) is 15.2 Å². The second-order valence-corrected chi connectivity index (χ2v) is 4.35. The molecule has 0 aromatic carbocycles. The van der Waals surface area contributed by atoms with Crippen LogP contribution in [0.3, 0.4) is 0 Å². The van der Waals surface area contributed by atoms with Crippen molar-refractivity contribution in [2.45, 2.75) is 0 Å². The number of aromatic nitrogens is 1. The number of rotatable bonds is 1. The molecule has 0 bridgehead atoms. The van der Waals surface area contributed by atoms with Crippen LogP contribution in [0.5, 0.6) is 0 Å². The van der Waals surface area contributed by atoms with Crippen LogP contribution in [0.25, 0.3) is 0 Å². The summed E-state index contributed by atoms with van der Waals surface area (Å²) in [6, 6.07) is 1.47. The van der Waals surface area contributed by atoms with Crippen molar-refractivity contribution < 1.29 is 23.4 Å². The van der Waals surface area contributed by atoms with Crippen molar-refractivity contribution >= 4 is 40.6 Å². The molecule has 2 rings (SSSR count). The van der Waals surface area contributed by atoms with Crippen molar-refractivity contribution in [2.24, 2.45) is 0 Å². The average molecular weight is 303 g/mol. The minimum Gasteiger partial charge on any atom is -0.492 e. The molecule has 1 aromatic heterocycles. The van der Waals surface area contributed by atoms with Crippen molar-refractivity contribution in [2.75, 3.05) is 20.1 Å². The summed E-state index contributed by atoms with van der Waals surface area (Å²) in [6.07, 6.45) is 0. The normalized spacial score (nSPS) is 18.4. The first-order valence-electron chi connectivity index (χ1n) is 4.74. The van der Waals surface area contributed by atoms with E-state index in [0.717, 1.165) is 0 Å². The van der Waals surface area contributed by atoms with E-state index >= 15 is 0 Å². The van der Waals surface area contributed by atoms with Crippen LogP contribution in [0.4, 0.5) is 0 Å². The molecule has 0 amide bonds. The lowest BCUT2D eigenvalue weighted by molar-refractivity contribution is -0.145. The standard InChI is InChI=1S/C8H8BBrN2O5/c1-12-3-7(13)15-9(16-8(14)4-12)5-2-6(10)11-17-5/h2H,3-4H2,1H3. The highest BCUT2D eigenvalue weighted by molar-refractivity contribution is 9.10. The summed E-state index contributed by atoms with van der Waals surface area (Å²) in [4.78, 5) is 24.3. The fourth-order valence-electron chi connectivity index (χ4n) is 1.33. The van der Waals surface area contributed by atoms with Gasteiger partial charge in [0.25, 0.3) is 0 Å². The Balaban J connectivity index is 2.16. The molecule has 1 aliphatic rings. The van der Waals surface area contributed by atoms with E-state index in [1.165, 1.54) is 11.0 Å². The van der Waals surface area contributed by atoms with Gasteiger partial charge < -0.3 is 13.8 Å². The predicted octanol–water partition coefficient (Wildman–Crippen LogP) is -0.836. The second kappa shape index (κ2) is 4.88. The molecule has 0 N–H and O–H groups in total. The van der Waals surface area contributed by atoms with Crippen LogP contribution in [-0.2, 0) is 18.9 Å². The van der Waals surface area contributed by atoms with Gasteiger partial charge >= 0.3 is 19.1 Å². The zero-order valence-electron chi connectivity index (χ0n) is 8.88. The quantitative estimate of drug-likeness (QED) is 0.626. The number of halogens is 1. The largest absolute Gasteiger partial charge is 0.677 e. The van der Waals surface area contributed by atoms with Gasteiger partial charge in [-0.15, -0.1) is 0 Å². The van der Waals surface area contributed by atoms with Gasteiger partial charge in [0, 0.05) is 6.07 Å². The molecule has 0 unspecified atom stereocenters. The third kappa shape index (κ3) is 3.07. The van der Waals surface area contributed by atoms with Gasteiger partial charge in [0.2, 0.25) is 0 Å². The molecular weight excluding hydrogens is 295 g/mol. The van der Waals surface area contributed by atoms with Gasteiger partial charge in [-0.1, -0.05) is 5.16 Å². The smallest absolute Gasteiger partial charge is 0.492 e. The van der Waals surface area contributed by atoms with E-state index in [-0.39, 0.29) is 18.7 Å². The summed E-state index contributed by atoms with van der Waals surface area (Å²) in [6.45, 7) is 0.0296. The van der Waals surface area contributed by atoms with E-state index in [4.69, 9.17) is 13.8 Å². The maximum Gasteiger partial charge on any atom is 0.677 e. The molecule has 1 aromatic rings. The third-order valence-corrected chi connectivity index (χ3v) is 2.38. The van der Waals surface area contributed by atoms with Crippen LogP contribution in [0.1, 0.15) is 0 Å². The molecule has 0 spiro atoms. The number of hydrogen-bond acceptors (Lipinski definition) is 7. The lowest BCUT2D eigenvalue weighted by Crippen LogP contribution is -2.47. The molecule has 0 aliphatic carbocycles. The molecule has 1 saturated heterocycles. The van der Waals surface area contributed by atoms with Crippen molar-refractivity contribution in [3.63, 3.8) is 0 Å². The molecule has 0 atom stereocenters. The number of carbonyl (C=O) groups is 2. The highest BCUT2D eigenvalue weighted by atomic mass is 79.9. The molecule has 7 nitrogen and oxygen atoms in total. The van der Waals surface area contributed by atoms with Gasteiger partial charge in [-0.2, -0.15) is 0 Å². The Morgan fingerprint density at radius 1 is 1.35 bits per heavy atom. The highest BCUT2D eigenvalue weighted by Gasteiger charge is 2.37. The fraction of sp³-hybridized carbons (Fsp3) is 0.375. The maximum absolute atomic E-state index is 11.4. The Kier molecular flexibility index (Phi) is 3.48. The Morgan fingerprint density at radius 2 is 1.94 bits per heavy atom. The monoisotopic (exact) mass is 302 g/mol. The zero-order chi connectivity index (χ0) is 12.4. The van der Waals surface area contributed by atoms with Crippen molar-refractivity contribution in [1.29, 1.82) is 0 Å². The fourth-order valence-corrected chi connectivity index (χ4v) is 1.63. The first-order chi connectivity index (χ1) is 8.04. The number of carbonyl (C=O) groups excluding carboxylic acids is 2. The van der Waals surface area contributed by atoms with Gasteiger partial charge in [-0.25, -0.2) is 0 Å². The molecule has 1 fully saturated rings. The Morgan fingerprint density at radius 3 is 2.41 bits per heavy atom. The summed E-state index contributed by atoms with van der Waals surface area (Å²) in [7, 11) is 0.441. The third-order valence-electron chi connectivity index (χ3n) is 2.01. The number of likely N-dealkylation sites (N-methyl/N-ethyl adjacent to an activating group) is 1. The second-order valence-electron chi connectivity index (χ2n) is 3.54.